The van der Waals surface area contributed by atoms with Gasteiger partial charge in [0, 0.05) is 42.6 Å². The summed E-state index contributed by atoms with van der Waals surface area (Å²) in [6.07, 6.45) is 7.97. The van der Waals surface area contributed by atoms with Crippen molar-refractivity contribution in [2.75, 3.05) is 12.4 Å². The van der Waals surface area contributed by atoms with E-state index in [1.54, 1.807) is 0 Å². The molecular weight excluding hydrogens is 486 g/mol. The number of anilines is 1. The Kier molecular flexibility index (Phi) is 8.07. The Morgan fingerprint density at radius 3 is 2.28 bits per heavy atom. The maximum Gasteiger partial charge on any atom is 0.225 e. The van der Waals surface area contributed by atoms with Gasteiger partial charge in [-0.25, -0.2) is 0 Å². The predicted octanol–water partition coefficient (Wildman–Crippen LogP) is 5.90. The second-order valence-electron chi connectivity index (χ2n) is 11.2. The maximum absolute atomic E-state index is 13.0. The number of carbonyl (C=O) groups excluding carboxylic acids is 2. The number of benzene rings is 2. The van der Waals surface area contributed by atoms with Crippen molar-refractivity contribution in [2.24, 2.45) is 11.7 Å². The lowest BCUT2D eigenvalue weighted by molar-refractivity contribution is -0.132. The van der Waals surface area contributed by atoms with Gasteiger partial charge in [0.15, 0.2) is 5.82 Å². The molecule has 39 heavy (non-hydrogen) atoms. The molecule has 204 valence electrons. The maximum atomic E-state index is 13.0. The monoisotopic (exact) mass is 525 g/mol. The number of amides is 2. The summed E-state index contributed by atoms with van der Waals surface area (Å²) < 4.78 is 0. The molecule has 1 heterocycles. The summed E-state index contributed by atoms with van der Waals surface area (Å²) in [4.78, 5) is 26.9. The first-order valence-corrected chi connectivity index (χ1v) is 14.2. The minimum absolute atomic E-state index is 0.0457. The molecule has 7 nitrogen and oxygen atoms in total. The van der Waals surface area contributed by atoms with Crippen molar-refractivity contribution < 1.29 is 9.59 Å². The fourth-order valence-corrected chi connectivity index (χ4v) is 5.96. The molecule has 2 aromatic carbocycles. The second-order valence-corrected chi connectivity index (χ2v) is 11.2. The highest BCUT2D eigenvalue weighted by Gasteiger charge is 2.34. The molecule has 0 saturated heterocycles. The molecule has 2 aliphatic carbocycles. The van der Waals surface area contributed by atoms with Gasteiger partial charge in [0.1, 0.15) is 5.69 Å². The molecule has 0 radical (unpaired) electrons. The van der Waals surface area contributed by atoms with Gasteiger partial charge in [0.2, 0.25) is 11.8 Å². The van der Waals surface area contributed by atoms with Crippen LogP contribution < -0.4 is 11.1 Å². The first-order valence-electron chi connectivity index (χ1n) is 14.2. The van der Waals surface area contributed by atoms with Crippen LogP contribution in [-0.2, 0) is 15.1 Å². The zero-order valence-corrected chi connectivity index (χ0v) is 23.0. The largest absolute Gasteiger partial charge is 0.343 e. The van der Waals surface area contributed by atoms with Crippen molar-refractivity contribution in [1.82, 2.24) is 15.1 Å². The highest BCUT2D eigenvalue weighted by atomic mass is 16.2. The summed E-state index contributed by atoms with van der Waals surface area (Å²) in [7, 11) is 1.90. The summed E-state index contributed by atoms with van der Waals surface area (Å²) in [6.45, 7) is 1.90. The highest BCUT2D eigenvalue weighted by Crippen LogP contribution is 2.40. The minimum atomic E-state index is -0.206. The van der Waals surface area contributed by atoms with Crippen LogP contribution in [0.15, 0.2) is 60.7 Å². The van der Waals surface area contributed by atoms with Gasteiger partial charge < -0.3 is 16.0 Å². The van der Waals surface area contributed by atoms with Gasteiger partial charge in [-0.15, -0.1) is 10.2 Å². The first kappa shape index (κ1) is 27.0. The van der Waals surface area contributed by atoms with E-state index >= 15 is 0 Å². The van der Waals surface area contributed by atoms with Crippen molar-refractivity contribution in [1.29, 1.82) is 0 Å². The predicted molar refractivity (Wildman–Crippen MR) is 155 cm³/mol. The Labute approximate surface area is 231 Å². The van der Waals surface area contributed by atoms with Crippen molar-refractivity contribution in [3.8, 4) is 22.4 Å². The third-order valence-corrected chi connectivity index (χ3v) is 8.66. The van der Waals surface area contributed by atoms with E-state index in [0.717, 1.165) is 66.5 Å². The van der Waals surface area contributed by atoms with E-state index < -0.39 is 0 Å². The highest BCUT2D eigenvalue weighted by molar-refractivity contribution is 5.91. The van der Waals surface area contributed by atoms with Gasteiger partial charge in [-0.3, -0.25) is 9.59 Å². The van der Waals surface area contributed by atoms with E-state index in [-0.39, 0.29) is 23.4 Å². The summed E-state index contributed by atoms with van der Waals surface area (Å²) in [5.74, 6) is 0.907. The van der Waals surface area contributed by atoms with E-state index in [2.05, 4.69) is 39.8 Å². The molecule has 0 spiro atoms. The Hall–Kier alpha value is -3.58. The van der Waals surface area contributed by atoms with Crippen molar-refractivity contribution in [3.05, 3.63) is 66.2 Å². The lowest BCUT2D eigenvalue weighted by Gasteiger charge is -2.38. The number of nitrogens with zero attached hydrogens (tertiary/aromatic N) is 3. The summed E-state index contributed by atoms with van der Waals surface area (Å²) >= 11 is 0. The van der Waals surface area contributed by atoms with Crippen molar-refractivity contribution in [3.63, 3.8) is 0 Å². The molecule has 2 aliphatic rings. The molecule has 2 saturated carbocycles. The topological polar surface area (TPSA) is 101 Å². The lowest BCUT2D eigenvalue weighted by atomic mass is 9.72. The quantitative estimate of drug-likeness (QED) is 0.381. The standard InChI is InChI=1S/C32H39N5O2/c1-3-30(39)37(2)26-16-10-22(11-17-26)20-29(38)34-28-21-27(23-8-5-4-6-9-23)31(36-35-28)24-12-14-25(15-13-24)32(33)18-7-19-32/h4-6,8-9,12-15,21-22,26H,3,7,10-11,16-20,33H2,1-2H3,(H,34,35,38). The molecule has 7 heteroatoms. The number of aromatic nitrogens is 2. The average Bonchev–Trinajstić information content (AvgIpc) is 2.96. The van der Waals surface area contributed by atoms with E-state index in [4.69, 9.17) is 5.73 Å². The SMILES string of the molecule is CCC(=O)N(C)C1CCC(CC(=O)Nc2cc(-c3ccccc3)c(-c3ccc(C4(N)CCC4)cc3)nn2)CC1. The number of hydrogen-bond donors (Lipinski definition) is 2. The van der Waals surface area contributed by atoms with Crippen LogP contribution in [0.25, 0.3) is 22.4 Å². The van der Waals surface area contributed by atoms with Crippen LogP contribution >= 0.6 is 0 Å². The molecule has 1 aromatic heterocycles. The van der Waals surface area contributed by atoms with Crippen LogP contribution in [0.3, 0.4) is 0 Å². The third-order valence-electron chi connectivity index (χ3n) is 8.66. The number of hydrogen-bond acceptors (Lipinski definition) is 5. The number of nitrogens with one attached hydrogen (secondary N) is 1. The smallest absolute Gasteiger partial charge is 0.225 e. The van der Waals surface area contributed by atoms with Crippen LogP contribution in [0.5, 0.6) is 0 Å². The Balaban J connectivity index is 1.28. The zero-order valence-electron chi connectivity index (χ0n) is 23.0. The third kappa shape index (κ3) is 6.04. The molecule has 2 fully saturated rings. The number of nitrogens with two attached hydrogens (primary N) is 1. The number of rotatable bonds is 8. The van der Waals surface area contributed by atoms with E-state index in [1.807, 2.05) is 55.3 Å². The van der Waals surface area contributed by atoms with Gasteiger partial charge in [0.05, 0.1) is 0 Å². The first-order chi connectivity index (χ1) is 18.9. The fourth-order valence-electron chi connectivity index (χ4n) is 5.96. The van der Waals surface area contributed by atoms with Crippen molar-refractivity contribution >= 4 is 17.6 Å². The summed E-state index contributed by atoms with van der Waals surface area (Å²) in [6, 6.07) is 20.6. The van der Waals surface area contributed by atoms with E-state index in [9.17, 15) is 9.59 Å². The van der Waals surface area contributed by atoms with Crippen molar-refractivity contribution in [2.45, 2.75) is 76.3 Å². The summed E-state index contributed by atoms with van der Waals surface area (Å²) in [5, 5.41) is 11.9. The Morgan fingerprint density at radius 2 is 1.67 bits per heavy atom. The molecule has 0 atom stereocenters. The molecule has 0 unspecified atom stereocenters. The van der Waals surface area contributed by atoms with Crippen LogP contribution in [0.4, 0.5) is 5.82 Å². The lowest BCUT2D eigenvalue weighted by Crippen LogP contribution is -2.43. The molecule has 3 aromatic rings. The van der Waals surface area contributed by atoms with Crippen LogP contribution in [-0.4, -0.2) is 40.0 Å². The average molecular weight is 526 g/mol. The van der Waals surface area contributed by atoms with Gasteiger partial charge in [-0.1, -0.05) is 61.5 Å². The zero-order chi connectivity index (χ0) is 27.4. The molecule has 2 amide bonds. The molecule has 0 aliphatic heterocycles. The molecule has 0 bridgehead atoms. The molecular formula is C32H39N5O2. The van der Waals surface area contributed by atoms with Crippen LogP contribution in [0.1, 0.15) is 70.3 Å². The minimum Gasteiger partial charge on any atom is -0.343 e. The molecule has 5 rings (SSSR count). The van der Waals surface area contributed by atoms with E-state index in [0.29, 0.717) is 24.6 Å². The van der Waals surface area contributed by atoms with Gasteiger partial charge >= 0.3 is 0 Å². The van der Waals surface area contributed by atoms with Gasteiger partial charge in [-0.2, -0.15) is 0 Å². The fraction of sp³-hybridized carbons (Fsp3) is 0.438. The Bertz CT molecular complexity index is 1300. The van der Waals surface area contributed by atoms with Crippen LogP contribution in [0, 0.1) is 5.92 Å². The number of carbonyl (C=O) groups is 2. The molecule has 3 N–H and O–H groups in total. The summed E-state index contributed by atoms with van der Waals surface area (Å²) in [5.41, 5.74) is 11.1. The van der Waals surface area contributed by atoms with Crippen LogP contribution in [0.2, 0.25) is 0 Å². The van der Waals surface area contributed by atoms with Gasteiger partial charge in [-0.05, 0) is 68.1 Å². The van der Waals surface area contributed by atoms with E-state index in [1.165, 1.54) is 6.42 Å². The normalized spacial score (nSPS) is 20.1. The second kappa shape index (κ2) is 11.7. The van der Waals surface area contributed by atoms with Gasteiger partial charge in [0.25, 0.3) is 0 Å². The Morgan fingerprint density at radius 1 is 0.974 bits per heavy atom.